The van der Waals surface area contributed by atoms with Crippen molar-refractivity contribution in [3.05, 3.63) is 0 Å². The summed E-state index contributed by atoms with van der Waals surface area (Å²) in [5.74, 6) is 0. The molecular formula is C16H34N2O. The lowest BCUT2D eigenvalue weighted by atomic mass is 10.1. The Morgan fingerprint density at radius 1 is 0.737 bits per heavy atom. The van der Waals surface area contributed by atoms with Gasteiger partial charge in [0.25, 0.3) is 0 Å². The van der Waals surface area contributed by atoms with Crippen molar-refractivity contribution in [3.8, 4) is 0 Å². The lowest BCUT2D eigenvalue weighted by Crippen LogP contribution is -2.36. The molecular weight excluding hydrogens is 236 g/mol. The van der Waals surface area contributed by atoms with Crippen molar-refractivity contribution in [2.75, 3.05) is 13.1 Å². The number of primary amides is 1. The zero-order valence-corrected chi connectivity index (χ0v) is 13.1. The van der Waals surface area contributed by atoms with Crippen LogP contribution in [0.5, 0.6) is 0 Å². The van der Waals surface area contributed by atoms with Gasteiger partial charge in [0.2, 0.25) is 0 Å². The van der Waals surface area contributed by atoms with E-state index >= 15 is 0 Å². The fraction of sp³-hybridized carbons (Fsp3) is 0.938. The zero-order chi connectivity index (χ0) is 14.3. The van der Waals surface area contributed by atoms with E-state index in [4.69, 9.17) is 5.73 Å². The number of amides is 2. The molecule has 0 aliphatic heterocycles. The number of carbonyl (C=O) groups excluding carboxylic acids is 1. The number of hydrogen-bond acceptors (Lipinski definition) is 1. The highest BCUT2D eigenvalue weighted by Crippen LogP contribution is 2.10. The van der Waals surface area contributed by atoms with E-state index in [-0.39, 0.29) is 6.03 Å². The summed E-state index contributed by atoms with van der Waals surface area (Å²) in [5.41, 5.74) is 5.33. The van der Waals surface area contributed by atoms with Gasteiger partial charge in [-0.1, -0.05) is 71.6 Å². The first-order chi connectivity index (χ1) is 9.22. The summed E-state index contributed by atoms with van der Waals surface area (Å²) in [6, 6.07) is -0.266. The molecule has 0 rings (SSSR count). The van der Waals surface area contributed by atoms with E-state index in [1.165, 1.54) is 57.8 Å². The molecule has 3 heteroatoms. The third-order valence-electron chi connectivity index (χ3n) is 3.59. The summed E-state index contributed by atoms with van der Waals surface area (Å²) < 4.78 is 0. The molecule has 0 fully saturated rings. The van der Waals surface area contributed by atoms with Crippen molar-refractivity contribution < 1.29 is 4.79 Å². The van der Waals surface area contributed by atoms with Gasteiger partial charge in [-0.05, 0) is 12.8 Å². The van der Waals surface area contributed by atoms with E-state index in [2.05, 4.69) is 13.8 Å². The fourth-order valence-corrected chi connectivity index (χ4v) is 2.39. The summed E-state index contributed by atoms with van der Waals surface area (Å²) in [6.45, 7) is 5.97. The highest BCUT2D eigenvalue weighted by molar-refractivity contribution is 5.71. The van der Waals surface area contributed by atoms with Crippen LogP contribution < -0.4 is 5.73 Å². The number of carbonyl (C=O) groups is 1. The Morgan fingerprint density at radius 3 is 1.63 bits per heavy atom. The molecule has 0 spiro atoms. The third-order valence-corrected chi connectivity index (χ3v) is 3.59. The second-order valence-electron chi connectivity index (χ2n) is 5.51. The number of hydrogen-bond donors (Lipinski definition) is 1. The zero-order valence-electron chi connectivity index (χ0n) is 13.1. The van der Waals surface area contributed by atoms with Gasteiger partial charge in [-0.3, -0.25) is 0 Å². The minimum atomic E-state index is -0.266. The third kappa shape index (κ3) is 12.1. The van der Waals surface area contributed by atoms with Crippen LogP contribution in [0.4, 0.5) is 4.79 Å². The Balaban J connectivity index is 3.27. The van der Waals surface area contributed by atoms with Gasteiger partial charge >= 0.3 is 6.03 Å². The van der Waals surface area contributed by atoms with Crippen molar-refractivity contribution in [1.29, 1.82) is 0 Å². The molecule has 0 saturated carbocycles. The van der Waals surface area contributed by atoms with Crippen LogP contribution in [0.2, 0.25) is 0 Å². The van der Waals surface area contributed by atoms with E-state index < -0.39 is 0 Å². The second-order valence-corrected chi connectivity index (χ2v) is 5.51. The van der Waals surface area contributed by atoms with E-state index in [1.807, 2.05) is 0 Å². The number of nitrogens with zero attached hydrogens (tertiary/aromatic N) is 1. The molecule has 0 aromatic carbocycles. The topological polar surface area (TPSA) is 46.3 Å². The van der Waals surface area contributed by atoms with Crippen molar-refractivity contribution in [2.45, 2.75) is 84.5 Å². The molecule has 0 unspecified atom stereocenters. The summed E-state index contributed by atoms with van der Waals surface area (Å²) in [5, 5.41) is 0. The highest BCUT2D eigenvalue weighted by Gasteiger charge is 2.06. The monoisotopic (exact) mass is 270 g/mol. The summed E-state index contributed by atoms with van der Waals surface area (Å²) in [4.78, 5) is 12.9. The van der Waals surface area contributed by atoms with Crippen LogP contribution in [-0.2, 0) is 0 Å². The number of nitrogens with two attached hydrogens (primary N) is 1. The largest absolute Gasteiger partial charge is 0.351 e. The second kappa shape index (κ2) is 13.7. The first-order valence-corrected chi connectivity index (χ1v) is 8.26. The highest BCUT2D eigenvalue weighted by atomic mass is 16.2. The lowest BCUT2D eigenvalue weighted by Gasteiger charge is -2.19. The molecule has 0 heterocycles. The molecule has 0 aromatic rings. The number of urea groups is 1. The number of unbranched alkanes of at least 4 members (excludes halogenated alkanes) is 9. The van der Waals surface area contributed by atoms with Gasteiger partial charge in [0.05, 0.1) is 0 Å². The van der Waals surface area contributed by atoms with E-state index in [0.29, 0.717) is 0 Å². The maximum atomic E-state index is 11.1. The average Bonchev–Trinajstić information content (AvgIpc) is 2.39. The maximum absolute atomic E-state index is 11.1. The first kappa shape index (κ1) is 18.3. The Morgan fingerprint density at radius 2 is 1.21 bits per heavy atom. The molecule has 0 radical (unpaired) electrons. The van der Waals surface area contributed by atoms with Crippen LogP contribution in [0.3, 0.4) is 0 Å². The molecule has 0 atom stereocenters. The summed E-state index contributed by atoms with van der Waals surface area (Å²) >= 11 is 0. The Bertz CT molecular complexity index is 207. The Labute approximate surface area is 119 Å². The minimum Gasteiger partial charge on any atom is -0.351 e. The van der Waals surface area contributed by atoms with E-state index in [0.717, 1.165) is 25.9 Å². The van der Waals surface area contributed by atoms with E-state index in [1.54, 1.807) is 4.90 Å². The van der Waals surface area contributed by atoms with Gasteiger partial charge in [0.15, 0.2) is 0 Å². The molecule has 2 amide bonds. The van der Waals surface area contributed by atoms with Crippen LogP contribution in [0, 0.1) is 0 Å². The molecule has 0 aliphatic rings. The first-order valence-electron chi connectivity index (χ1n) is 8.26. The molecule has 3 nitrogen and oxygen atoms in total. The molecule has 0 aromatic heterocycles. The minimum absolute atomic E-state index is 0.266. The SMILES string of the molecule is CCCCCCCCCCCCN(CCC)C(N)=O. The standard InChI is InChI=1S/C16H34N2O/c1-3-5-6-7-8-9-10-11-12-13-15-18(14-4-2)16(17)19/h3-15H2,1-2H3,(H2,17,19). The predicted molar refractivity (Wildman–Crippen MR) is 83.3 cm³/mol. The van der Waals surface area contributed by atoms with Crippen LogP contribution in [0.1, 0.15) is 84.5 Å². The van der Waals surface area contributed by atoms with Crippen molar-refractivity contribution in [2.24, 2.45) is 5.73 Å². The summed E-state index contributed by atoms with van der Waals surface area (Å²) in [6.07, 6.45) is 14.2. The van der Waals surface area contributed by atoms with Gasteiger partial charge < -0.3 is 10.6 Å². The molecule has 0 bridgehead atoms. The average molecular weight is 270 g/mol. The van der Waals surface area contributed by atoms with Crippen molar-refractivity contribution >= 4 is 6.03 Å². The van der Waals surface area contributed by atoms with Gasteiger partial charge in [-0.25, -0.2) is 4.79 Å². The predicted octanol–water partition coefficient (Wildman–Crippen LogP) is 4.70. The van der Waals surface area contributed by atoms with Crippen LogP contribution in [0.25, 0.3) is 0 Å². The molecule has 0 saturated heterocycles. The molecule has 0 aliphatic carbocycles. The molecule has 114 valence electrons. The normalized spacial score (nSPS) is 10.6. The smallest absolute Gasteiger partial charge is 0.314 e. The van der Waals surface area contributed by atoms with Crippen LogP contribution in [-0.4, -0.2) is 24.0 Å². The Hall–Kier alpha value is -0.730. The molecule has 2 N–H and O–H groups in total. The van der Waals surface area contributed by atoms with E-state index in [9.17, 15) is 4.79 Å². The number of rotatable bonds is 13. The van der Waals surface area contributed by atoms with Gasteiger partial charge in [0.1, 0.15) is 0 Å². The van der Waals surface area contributed by atoms with Gasteiger partial charge in [-0.15, -0.1) is 0 Å². The van der Waals surface area contributed by atoms with Crippen LogP contribution >= 0.6 is 0 Å². The fourth-order valence-electron chi connectivity index (χ4n) is 2.39. The summed E-state index contributed by atoms with van der Waals surface area (Å²) in [7, 11) is 0. The van der Waals surface area contributed by atoms with Crippen LogP contribution in [0.15, 0.2) is 0 Å². The lowest BCUT2D eigenvalue weighted by molar-refractivity contribution is 0.206. The quantitative estimate of drug-likeness (QED) is 0.484. The Kier molecular flexibility index (Phi) is 13.2. The maximum Gasteiger partial charge on any atom is 0.314 e. The van der Waals surface area contributed by atoms with Gasteiger partial charge in [0, 0.05) is 13.1 Å². The molecule has 19 heavy (non-hydrogen) atoms. The van der Waals surface area contributed by atoms with Gasteiger partial charge in [-0.2, -0.15) is 0 Å². The van der Waals surface area contributed by atoms with Crippen molar-refractivity contribution in [3.63, 3.8) is 0 Å². The van der Waals surface area contributed by atoms with Crippen molar-refractivity contribution in [1.82, 2.24) is 4.90 Å².